The molecule has 5 heteroatoms. The highest BCUT2D eigenvalue weighted by Gasteiger charge is 2.12. The molecule has 0 aliphatic carbocycles. The third-order valence-corrected chi connectivity index (χ3v) is 3.39. The summed E-state index contributed by atoms with van der Waals surface area (Å²) < 4.78 is 4.86. The molecule has 108 valence electrons. The average molecular weight is 275 g/mol. The Morgan fingerprint density at radius 3 is 3.05 bits per heavy atom. The first kappa shape index (κ1) is 14.6. The molecule has 0 bridgehead atoms. The maximum Gasteiger partial charge on any atom is 0.239 e. The van der Waals surface area contributed by atoms with Crippen LogP contribution >= 0.6 is 0 Å². The van der Waals surface area contributed by atoms with Gasteiger partial charge in [0.25, 0.3) is 0 Å². The van der Waals surface area contributed by atoms with Crippen LogP contribution in [0.2, 0.25) is 0 Å². The molecule has 2 rings (SSSR count). The van der Waals surface area contributed by atoms with Crippen molar-refractivity contribution in [2.45, 2.75) is 19.4 Å². The van der Waals surface area contributed by atoms with E-state index in [9.17, 15) is 4.79 Å². The van der Waals surface area contributed by atoms with Crippen molar-refractivity contribution in [1.82, 2.24) is 10.3 Å². The largest absolute Gasteiger partial charge is 0.383 e. The van der Waals surface area contributed by atoms with Crippen LogP contribution < -0.4 is 11.1 Å². The van der Waals surface area contributed by atoms with Gasteiger partial charge in [0.1, 0.15) is 6.04 Å². The number of aromatic nitrogens is 1. The zero-order valence-electron chi connectivity index (χ0n) is 11.9. The van der Waals surface area contributed by atoms with Crippen LogP contribution in [0.1, 0.15) is 11.1 Å². The number of aromatic amines is 1. The molecule has 1 amide bonds. The molecule has 1 heterocycles. The van der Waals surface area contributed by atoms with Crippen molar-refractivity contribution in [3.8, 4) is 0 Å². The number of carbonyl (C=O) groups excluding carboxylic acids is 1. The van der Waals surface area contributed by atoms with Crippen molar-refractivity contribution in [2.75, 3.05) is 20.3 Å². The summed E-state index contributed by atoms with van der Waals surface area (Å²) in [4.78, 5) is 14.9. The standard InChI is InChI=1S/C15H21N3O2/c1-10-4-3-5-12-11(8-18-14(10)12)6-7-17-15(19)13(16)9-20-2/h3-5,8,13,18H,6-7,9,16H2,1-2H3,(H,17,19). The van der Waals surface area contributed by atoms with Gasteiger partial charge >= 0.3 is 0 Å². The summed E-state index contributed by atoms with van der Waals surface area (Å²) in [7, 11) is 1.53. The van der Waals surface area contributed by atoms with Gasteiger partial charge < -0.3 is 20.8 Å². The highest BCUT2D eigenvalue weighted by molar-refractivity contribution is 5.86. The number of para-hydroxylation sites is 1. The van der Waals surface area contributed by atoms with E-state index >= 15 is 0 Å². The number of nitrogens with two attached hydrogens (primary N) is 1. The second-order valence-corrected chi connectivity index (χ2v) is 4.91. The number of hydrogen-bond donors (Lipinski definition) is 3. The van der Waals surface area contributed by atoms with Crippen molar-refractivity contribution in [3.05, 3.63) is 35.5 Å². The molecule has 1 aromatic heterocycles. The summed E-state index contributed by atoms with van der Waals surface area (Å²) in [5.74, 6) is -0.178. The van der Waals surface area contributed by atoms with Crippen molar-refractivity contribution in [2.24, 2.45) is 5.73 Å². The lowest BCUT2D eigenvalue weighted by Crippen LogP contribution is -2.44. The van der Waals surface area contributed by atoms with Crippen molar-refractivity contribution < 1.29 is 9.53 Å². The van der Waals surface area contributed by atoms with Gasteiger partial charge in [-0.05, 0) is 24.5 Å². The van der Waals surface area contributed by atoms with Gasteiger partial charge in [0.15, 0.2) is 0 Å². The van der Waals surface area contributed by atoms with Crippen LogP contribution in [0.3, 0.4) is 0 Å². The molecule has 0 aliphatic rings. The van der Waals surface area contributed by atoms with Gasteiger partial charge in [0, 0.05) is 30.8 Å². The predicted molar refractivity (Wildman–Crippen MR) is 79.6 cm³/mol. The summed E-state index contributed by atoms with van der Waals surface area (Å²) in [5.41, 5.74) is 9.23. The zero-order chi connectivity index (χ0) is 14.5. The van der Waals surface area contributed by atoms with E-state index in [0.29, 0.717) is 6.54 Å². The van der Waals surface area contributed by atoms with Crippen molar-refractivity contribution in [3.63, 3.8) is 0 Å². The highest BCUT2D eigenvalue weighted by Crippen LogP contribution is 2.21. The highest BCUT2D eigenvalue weighted by atomic mass is 16.5. The van der Waals surface area contributed by atoms with E-state index in [1.807, 2.05) is 12.3 Å². The molecule has 1 unspecified atom stereocenters. The van der Waals surface area contributed by atoms with Gasteiger partial charge in [-0.1, -0.05) is 18.2 Å². The van der Waals surface area contributed by atoms with E-state index in [1.165, 1.54) is 23.6 Å². The summed E-state index contributed by atoms with van der Waals surface area (Å²) in [6.07, 6.45) is 2.77. The van der Waals surface area contributed by atoms with E-state index in [1.54, 1.807) is 0 Å². The monoisotopic (exact) mass is 275 g/mol. The molecule has 2 aromatic rings. The summed E-state index contributed by atoms with van der Waals surface area (Å²) >= 11 is 0. The number of amides is 1. The lowest BCUT2D eigenvalue weighted by Gasteiger charge is -2.10. The minimum atomic E-state index is -0.606. The van der Waals surface area contributed by atoms with Crippen molar-refractivity contribution >= 4 is 16.8 Å². The number of H-pyrrole nitrogens is 1. The second-order valence-electron chi connectivity index (χ2n) is 4.91. The SMILES string of the molecule is COCC(N)C(=O)NCCc1c[nH]c2c(C)cccc12. The van der Waals surface area contributed by atoms with Gasteiger partial charge in [-0.15, -0.1) is 0 Å². The van der Waals surface area contributed by atoms with E-state index in [0.717, 1.165) is 11.9 Å². The van der Waals surface area contributed by atoms with Crippen LogP contribution in [-0.2, 0) is 16.0 Å². The number of ether oxygens (including phenoxy) is 1. The lowest BCUT2D eigenvalue weighted by molar-refractivity contribution is -0.123. The molecule has 5 nitrogen and oxygen atoms in total. The Hall–Kier alpha value is -1.85. The number of hydrogen-bond acceptors (Lipinski definition) is 3. The number of fused-ring (bicyclic) bond motifs is 1. The number of carbonyl (C=O) groups is 1. The maximum absolute atomic E-state index is 11.7. The smallest absolute Gasteiger partial charge is 0.239 e. The molecular formula is C15H21N3O2. The minimum absolute atomic E-state index is 0.178. The fourth-order valence-corrected chi connectivity index (χ4v) is 2.28. The molecule has 0 fully saturated rings. The summed E-state index contributed by atoms with van der Waals surface area (Å²) in [6, 6.07) is 5.60. The van der Waals surface area contributed by atoms with Gasteiger partial charge in [-0.2, -0.15) is 0 Å². The first-order chi connectivity index (χ1) is 9.63. The lowest BCUT2D eigenvalue weighted by atomic mass is 10.1. The topological polar surface area (TPSA) is 80.1 Å². The zero-order valence-corrected chi connectivity index (χ0v) is 11.9. The number of nitrogens with one attached hydrogen (secondary N) is 2. The van der Waals surface area contributed by atoms with E-state index in [2.05, 4.69) is 29.4 Å². The van der Waals surface area contributed by atoms with Crippen LogP contribution in [-0.4, -0.2) is 37.2 Å². The van der Waals surface area contributed by atoms with Crippen LogP contribution in [0.15, 0.2) is 24.4 Å². The minimum Gasteiger partial charge on any atom is -0.383 e. The van der Waals surface area contributed by atoms with E-state index in [-0.39, 0.29) is 12.5 Å². The fourth-order valence-electron chi connectivity index (χ4n) is 2.28. The van der Waals surface area contributed by atoms with Crippen LogP contribution in [0.25, 0.3) is 10.9 Å². The van der Waals surface area contributed by atoms with E-state index in [4.69, 9.17) is 10.5 Å². The van der Waals surface area contributed by atoms with Gasteiger partial charge in [-0.3, -0.25) is 4.79 Å². The molecule has 4 N–H and O–H groups in total. The normalized spacial score (nSPS) is 12.6. The van der Waals surface area contributed by atoms with Crippen molar-refractivity contribution in [1.29, 1.82) is 0 Å². The molecule has 20 heavy (non-hydrogen) atoms. The molecule has 0 aliphatic heterocycles. The maximum atomic E-state index is 11.7. The number of rotatable bonds is 6. The van der Waals surface area contributed by atoms with Crippen LogP contribution in [0.4, 0.5) is 0 Å². The first-order valence-electron chi connectivity index (χ1n) is 6.71. The van der Waals surface area contributed by atoms with E-state index < -0.39 is 6.04 Å². The Balaban J connectivity index is 1.93. The van der Waals surface area contributed by atoms with Gasteiger partial charge in [-0.25, -0.2) is 0 Å². The van der Waals surface area contributed by atoms with Gasteiger partial charge in [0.05, 0.1) is 6.61 Å². The average Bonchev–Trinajstić information content (AvgIpc) is 2.84. The predicted octanol–water partition coefficient (Wildman–Crippen LogP) is 1.11. The summed E-state index contributed by atoms with van der Waals surface area (Å²) in [6.45, 7) is 2.88. The fraction of sp³-hybridized carbons (Fsp3) is 0.400. The molecule has 0 saturated carbocycles. The number of aryl methyl sites for hydroxylation is 1. The quantitative estimate of drug-likeness (QED) is 0.738. The first-order valence-corrected chi connectivity index (χ1v) is 6.71. The van der Waals surface area contributed by atoms with Gasteiger partial charge in [0.2, 0.25) is 5.91 Å². The number of methoxy groups -OCH3 is 1. The molecule has 0 radical (unpaired) electrons. The Bertz CT molecular complexity index is 592. The Labute approximate surface area is 118 Å². The van der Waals surface area contributed by atoms with Crippen LogP contribution in [0.5, 0.6) is 0 Å². The Kier molecular flexibility index (Phi) is 4.76. The molecule has 1 aromatic carbocycles. The molecule has 0 spiro atoms. The Morgan fingerprint density at radius 1 is 1.50 bits per heavy atom. The molecular weight excluding hydrogens is 254 g/mol. The molecule has 1 atom stereocenters. The van der Waals surface area contributed by atoms with Crippen LogP contribution in [0, 0.1) is 6.92 Å². The molecule has 0 saturated heterocycles. The second kappa shape index (κ2) is 6.54. The Morgan fingerprint density at radius 2 is 2.30 bits per heavy atom. The third kappa shape index (κ3) is 3.18. The third-order valence-electron chi connectivity index (χ3n) is 3.39. The summed E-state index contributed by atoms with van der Waals surface area (Å²) in [5, 5.41) is 4.04. The number of benzene rings is 1.